The molecule has 2 N–H and O–H groups in total. The van der Waals surface area contributed by atoms with Crippen LogP contribution < -0.4 is 5.73 Å². The first-order valence-corrected chi connectivity index (χ1v) is 6.91. The number of benzene rings is 1. The second kappa shape index (κ2) is 6.10. The molecule has 1 amide bonds. The molecule has 1 aliphatic rings. The van der Waals surface area contributed by atoms with Gasteiger partial charge in [0.25, 0.3) is 5.91 Å². The Morgan fingerprint density at radius 1 is 1.11 bits per heavy atom. The Labute approximate surface area is 113 Å². The van der Waals surface area contributed by atoms with Gasteiger partial charge in [-0.15, -0.1) is 0 Å². The molecule has 1 heterocycles. The summed E-state index contributed by atoms with van der Waals surface area (Å²) in [5.74, 6) is -0.0278. The predicted molar refractivity (Wildman–Crippen MR) is 74.9 cm³/mol. The molecule has 0 saturated carbocycles. The Kier molecular flexibility index (Phi) is 4.48. The third kappa shape index (κ3) is 2.96. The van der Waals surface area contributed by atoms with E-state index < -0.39 is 0 Å². The highest BCUT2D eigenvalue weighted by Gasteiger charge is 2.21. The molecule has 1 aliphatic heterocycles. The van der Waals surface area contributed by atoms with Crippen molar-refractivity contribution < 1.29 is 4.79 Å². The number of amides is 1. The number of nitrogen functional groups attached to an aromatic ring is 1. The number of carbonyl (C=O) groups excluding carboxylic acids is 1. The van der Waals surface area contributed by atoms with Crippen LogP contribution in [0, 0.1) is 0 Å². The van der Waals surface area contributed by atoms with Crippen LogP contribution in [0.1, 0.15) is 42.5 Å². The van der Waals surface area contributed by atoms with E-state index in [0.717, 1.165) is 25.9 Å². The minimum absolute atomic E-state index is 0.0278. The molecule has 0 unspecified atom stereocenters. The largest absolute Gasteiger partial charge is 0.398 e. The number of nitrogens with zero attached hydrogens (tertiary/aromatic N) is 1. The van der Waals surface area contributed by atoms with Crippen LogP contribution >= 0.6 is 11.6 Å². The number of halogens is 1. The molecule has 4 heteroatoms. The topological polar surface area (TPSA) is 46.3 Å². The lowest BCUT2D eigenvalue weighted by Gasteiger charge is -2.25. The zero-order chi connectivity index (χ0) is 13.0. The zero-order valence-corrected chi connectivity index (χ0v) is 11.2. The van der Waals surface area contributed by atoms with Crippen LogP contribution in [-0.2, 0) is 0 Å². The molecule has 0 spiro atoms. The van der Waals surface area contributed by atoms with Gasteiger partial charge in [0.1, 0.15) is 0 Å². The van der Waals surface area contributed by atoms with E-state index in [0.29, 0.717) is 16.3 Å². The molecular weight excluding hydrogens is 248 g/mol. The fourth-order valence-electron chi connectivity index (χ4n) is 2.38. The summed E-state index contributed by atoms with van der Waals surface area (Å²) >= 11 is 6.09. The maximum atomic E-state index is 12.5. The van der Waals surface area contributed by atoms with Gasteiger partial charge in [0.05, 0.1) is 10.6 Å². The van der Waals surface area contributed by atoms with Crippen molar-refractivity contribution in [3.8, 4) is 0 Å². The van der Waals surface area contributed by atoms with Crippen LogP contribution in [-0.4, -0.2) is 23.9 Å². The molecule has 0 atom stereocenters. The molecule has 1 aromatic carbocycles. The van der Waals surface area contributed by atoms with Gasteiger partial charge in [-0.25, -0.2) is 0 Å². The predicted octanol–water partition coefficient (Wildman–Crippen LogP) is 3.33. The van der Waals surface area contributed by atoms with Crippen LogP contribution in [0.5, 0.6) is 0 Å². The molecular formula is C14H19ClN2O. The van der Waals surface area contributed by atoms with Crippen molar-refractivity contribution in [3.05, 3.63) is 28.8 Å². The van der Waals surface area contributed by atoms with E-state index in [2.05, 4.69) is 0 Å². The first kappa shape index (κ1) is 13.2. The van der Waals surface area contributed by atoms with Gasteiger partial charge >= 0.3 is 0 Å². The molecule has 18 heavy (non-hydrogen) atoms. The summed E-state index contributed by atoms with van der Waals surface area (Å²) in [6, 6.07) is 5.21. The van der Waals surface area contributed by atoms with Gasteiger partial charge in [0, 0.05) is 18.8 Å². The van der Waals surface area contributed by atoms with Crippen molar-refractivity contribution in [1.29, 1.82) is 0 Å². The SMILES string of the molecule is Nc1cccc(Cl)c1C(=O)N1CCCCCCC1. The maximum absolute atomic E-state index is 12.5. The van der Waals surface area contributed by atoms with E-state index in [-0.39, 0.29) is 5.91 Å². The lowest BCUT2D eigenvalue weighted by Crippen LogP contribution is -2.34. The minimum Gasteiger partial charge on any atom is -0.398 e. The number of hydrogen-bond acceptors (Lipinski definition) is 2. The summed E-state index contributed by atoms with van der Waals surface area (Å²) in [7, 11) is 0. The fourth-order valence-corrected chi connectivity index (χ4v) is 2.64. The van der Waals surface area contributed by atoms with Gasteiger partial charge < -0.3 is 10.6 Å². The Balaban J connectivity index is 2.18. The smallest absolute Gasteiger partial charge is 0.257 e. The number of likely N-dealkylation sites (tertiary alicyclic amines) is 1. The highest BCUT2D eigenvalue weighted by atomic mass is 35.5. The number of rotatable bonds is 1. The molecule has 0 bridgehead atoms. The Hall–Kier alpha value is -1.22. The second-order valence-corrected chi connectivity index (χ2v) is 5.17. The molecule has 1 aromatic rings. The third-order valence-corrected chi connectivity index (χ3v) is 3.72. The zero-order valence-electron chi connectivity index (χ0n) is 10.5. The maximum Gasteiger partial charge on any atom is 0.257 e. The quantitative estimate of drug-likeness (QED) is 0.793. The van der Waals surface area contributed by atoms with Gasteiger partial charge in [0.2, 0.25) is 0 Å². The molecule has 0 aromatic heterocycles. The first-order valence-electron chi connectivity index (χ1n) is 6.53. The molecule has 0 radical (unpaired) electrons. The normalized spacial score (nSPS) is 17.1. The van der Waals surface area contributed by atoms with Crippen molar-refractivity contribution in [2.24, 2.45) is 0 Å². The van der Waals surface area contributed by atoms with Crippen LogP contribution in [0.25, 0.3) is 0 Å². The first-order chi connectivity index (χ1) is 8.70. The fraction of sp³-hybridized carbons (Fsp3) is 0.500. The van der Waals surface area contributed by atoms with Crippen LogP contribution in [0.4, 0.5) is 5.69 Å². The van der Waals surface area contributed by atoms with Crippen LogP contribution in [0.3, 0.4) is 0 Å². The summed E-state index contributed by atoms with van der Waals surface area (Å²) in [4.78, 5) is 14.4. The van der Waals surface area contributed by atoms with Crippen LogP contribution in [0.15, 0.2) is 18.2 Å². The third-order valence-electron chi connectivity index (χ3n) is 3.40. The van der Waals surface area contributed by atoms with Gasteiger partial charge in [-0.05, 0) is 25.0 Å². The summed E-state index contributed by atoms with van der Waals surface area (Å²) in [5.41, 5.74) is 6.79. The molecule has 0 aliphatic carbocycles. The van der Waals surface area contributed by atoms with E-state index >= 15 is 0 Å². The second-order valence-electron chi connectivity index (χ2n) is 4.76. The van der Waals surface area contributed by atoms with Crippen molar-refractivity contribution in [2.45, 2.75) is 32.1 Å². The highest BCUT2D eigenvalue weighted by Crippen LogP contribution is 2.24. The lowest BCUT2D eigenvalue weighted by atomic mass is 10.1. The molecule has 1 fully saturated rings. The summed E-state index contributed by atoms with van der Waals surface area (Å²) in [6.45, 7) is 1.62. The van der Waals surface area contributed by atoms with Crippen molar-refractivity contribution >= 4 is 23.2 Å². The van der Waals surface area contributed by atoms with Crippen LogP contribution in [0.2, 0.25) is 5.02 Å². The lowest BCUT2D eigenvalue weighted by molar-refractivity contribution is 0.0743. The average molecular weight is 267 g/mol. The Morgan fingerprint density at radius 3 is 2.33 bits per heavy atom. The molecule has 3 nitrogen and oxygen atoms in total. The number of carbonyl (C=O) groups is 1. The van der Waals surface area contributed by atoms with E-state index in [9.17, 15) is 4.79 Å². The highest BCUT2D eigenvalue weighted by molar-refractivity contribution is 6.34. The molecule has 2 rings (SSSR count). The van der Waals surface area contributed by atoms with Crippen molar-refractivity contribution in [1.82, 2.24) is 4.90 Å². The summed E-state index contributed by atoms with van der Waals surface area (Å²) in [5, 5.41) is 0.446. The Bertz CT molecular complexity index is 406. The number of anilines is 1. The average Bonchev–Trinajstić information content (AvgIpc) is 2.27. The number of hydrogen-bond donors (Lipinski definition) is 1. The van der Waals surface area contributed by atoms with Gasteiger partial charge in [-0.2, -0.15) is 0 Å². The van der Waals surface area contributed by atoms with E-state index in [1.54, 1.807) is 18.2 Å². The summed E-state index contributed by atoms with van der Waals surface area (Å²) < 4.78 is 0. The minimum atomic E-state index is -0.0278. The monoisotopic (exact) mass is 266 g/mol. The molecule has 1 saturated heterocycles. The standard InChI is InChI=1S/C14H19ClN2O/c15-11-7-6-8-12(16)13(11)14(18)17-9-4-2-1-3-5-10-17/h6-8H,1-5,9-10,16H2. The van der Waals surface area contributed by atoms with Crippen molar-refractivity contribution in [3.63, 3.8) is 0 Å². The number of nitrogens with two attached hydrogens (primary N) is 1. The van der Waals surface area contributed by atoms with Gasteiger partial charge in [0.15, 0.2) is 0 Å². The van der Waals surface area contributed by atoms with E-state index in [4.69, 9.17) is 17.3 Å². The summed E-state index contributed by atoms with van der Waals surface area (Å²) in [6.07, 6.45) is 5.80. The van der Waals surface area contributed by atoms with Gasteiger partial charge in [-0.1, -0.05) is 36.9 Å². The Morgan fingerprint density at radius 2 is 1.72 bits per heavy atom. The van der Waals surface area contributed by atoms with Gasteiger partial charge in [-0.3, -0.25) is 4.79 Å². The van der Waals surface area contributed by atoms with Crippen molar-refractivity contribution in [2.75, 3.05) is 18.8 Å². The van der Waals surface area contributed by atoms with E-state index in [1.165, 1.54) is 19.3 Å². The van der Waals surface area contributed by atoms with E-state index in [1.807, 2.05) is 4.90 Å². The molecule has 98 valence electrons.